The van der Waals surface area contributed by atoms with Crippen molar-refractivity contribution in [3.63, 3.8) is 0 Å². The number of ether oxygens (including phenoxy) is 1. The van der Waals surface area contributed by atoms with Gasteiger partial charge in [0.2, 0.25) is 5.75 Å². The van der Waals surface area contributed by atoms with E-state index >= 15 is 0 Å². The van der Waals surface area contributed by atoms with Crippen LogP contribution in [0.25, 0.3) is 0 Å². The lowest BCUT2D eigenvalue weighted by molar-refractivity contribution is 0.408. The van der Waals surface area contributed by atoms with E-state index in [9.17, 15) is 4.79 Å². The Bertz CT molecular complexity index is 281. The van der Waals surface area contributed by atoms with Crippen LogP contribution in [0.3, 0.4) is 0 Å². The maximum atomic E-state index is 10.8. The van der Waals surface area contributed by atoms with Crippen molar-refractivity contribution < 1.29 is 4.74 Å². The van der Waals surface area contributed by atoms with Gasteiger partial charge in [-0.1, -0.05) is 11.6 Å². The van der Waals surface area contributed by atoms with Crippen molar-refractivity contribution in [2.45, 2.75) is 0 Å². The Hall–Kier alpha value is -0.960. The number of methoxy groups -OCH3 is 1. The van der Waals surface area contributed by atoms with Gasteiger partial charge in [0.15, 0.2) is 0 Å². The van der Waals surface area contributed by atoms with Crippen LogP contribution in [0.1, 0.15) is 0 Å². The predicted octanol–water partition coefficient (Wildman–Crippen LogP) is 1.04. The van der Waals surface area contributed by atoms with Crippen LogP contribution in [-0.2, 0) is 0 Å². The van der Waals surface area contributed by atoms with Crippen LogP contribution in [0.5, 0.6) is 5.75 Å². The number of pyridine rings is 1. The monoisotopic (exact) mass is 159 g/mol. The summed E-state index contributed by atoms with van der Waals surface area (Å²) in [5, 5.41) is 0.325. The van der Waals surface area contributed by atoms with Gasteiger partial charge in [-0.05, 0) is 6.07 Å². The lowest BCUT2D eigenvalue weighted by atomic mass is 10.4. The first kappa shape index (κ1) is 7.15. The Morgan fingerprint density at radius 2 is 2.40 bits per heavy atom. The predicted molar refractivity (Wildman–Crippen MR) is 38.6 cm³/mol. The number of rotatable bonds is 1. The van der Waals surface area contributed by atoms with E-state index < -0.39 is 0 Å². The lowest BCUT2D eigenvalue weighted by Crippen LogP contribution is -2.07. The van der Waals surface area contributed by atoms with E-state index in [4.69, 9.17) is 16.3 Å². The Morgan fingerprint density at radius 3 is 2.80 bits per heavy atom. The summed E-state index contributed by atoms with van der Waals surface area (Å²) in [4.78, 5) is 13.2. The zero-order chi connectivity index (χ0) is 7.56. The van der Waals surface area contributed by atoms with Crippen LogP contribution in [0.4, 0.5) is 0 Å². The Kier molecular flexibility index (Phi) is 1.97. The maximum Gasteiger partial charge on any atom is 0.291 e. The smallest absolute Gasteiger partial charge is 0.291 e. The van der Waals surface area contributed by atoms with E-state index in [1.54, 1.807) is 6.07 Å². The van der Waals surface area contributed by atoms with Crippen LogP contribution in [0.15, 0.2) is 17.1 Å². The molecule has 0 aliphatic heterocycles. The number of H-pyrrole nitrogens is 1. The third kappa shape index (κ3) is 1.14. The number of aromatic nitrogens is 1. The number of aromatic amines is 1. The highest BCUT2D eigenvalue weighted by atomic mass is 35.5. The summed E-state index contributed by atoms with van der Waals surface area (Å²) >= 11 is 5.58. The van der Waals surface area contributed by atoms with Crippen molar-refractivity contribution in [1.82, 2.24) is 4.98 Å². The largest absolute Gasteiger partial charge is 0.490 e. The molecule has 3 nitrogen and oxygen atoms in total. The van der Waals surface area contributed by atoms with Crippen LogP contribution < -0.4 is 10.3 Å². The third-order valence-electron chi connectivity index (χ3n) is 1.07. The number of hydrogen-bond donors (Lipinski definition) is 1. The number of hydrogen-bond acceptors (Lipinski definition) is 2. The average molecular weight is 160 g/mol. The average Bonchev–Trinajstić information content (AvgIpc) is 1.88. The molecule has 54 valence electrons. The Morgan fingerprint density at radius 1 is 1.70 bits per heavy atom. The molecule has 0 aliphatic rings. The minimum atomic E-state index is -0.310. The van der Waals surface area contributed by atoms with E-state index in [-0.39, 0.29) is 11.3 Å². The van der Waals surface area contributed by atoms with Gasteiger partial charge in [0.05, 0.1) is 12.1 Å². The molecule has 0 radical (unpaired) electrons. The molecule has 0 aromatic carbocycles. The van der Waals surface area contributed by atoms with Gasteiger partial charge in [-0.15, -0.1) is 0 Å². The fourth-order valence-electron chi connectivity index (χ4n) is 0.630. The SMILES string of the molecule is COc1c(Cl)cc[nH]c1=O. The van der Waals surface area contributed by atoms with E-state index in [0.29, 0.717) is 5.02 Å². The zero-order valence-corrected chi connectivity index (χ0v) is 6.11. The van der Waals surface area contributed by atoms with Crippen LogP contribution in [0, 0.1) is 0 Å². The van der Waals surface area contributed by atoms with E-state index in [1.165, 1.54) is 13.3 Å². The molecular weight excluding hydrogens is 154 g/mol. The van der Waals surface area contributed by atoms with Crippen molar-refractivity contribution in [2.75, 3.05) is 7.11 Å². The molecule has 0 saturated heterocycles. The Labute approximate surface area is 62.6 Å². The van der Waals surface area contributed by atoms with Crippen LogP contribution >= 0.6 is 11.6 Å². The normalized spacial score (nSPS) is 9.40. The lowest BCUT2D eigenvalue weighted by Gasteiger charge is -1.97. The summed E-state index contributed by atoms with van der Waals surface area (Å²) in [6.45, 7) is 0. The van der Waals surface area contributed by atoms with Crippen LogP contribution in [-0.4, -0.2) is 12.1 Å². The van der Waals surface area contributed by atoms with E-state index in [0.717, 1.165) is 0 Å². The topological polar surface area (TPSA) is 42.1 Å². The molecule has 1 aromatic heterocycles. The van der Waals surface area contributed by atoms with Gasteiger partial charge in [0.1, 0.15) is 0 Å². The number of halogens is 1. The zero-order valence-electron chi connectivity index (χ0n) is 5.35. The van der Waals surface area contributed by atoms with Gasteiger partial charge in [0.25, 0.3) is 5.56 Å². The second-order valence-corrected chi connectivity index (χ2v) is 2.10. The molecule has 1 aromatic rings. The fourth-order valence-corrected chi connectivity index (χ4v) is 0.856. The van der Waals surface area contributed by atoms with Crippen molar-refractivity contribution in [3.8, 4) is 5.75 Å². The van der Waals surface area contributed by atoms with Gasteiger partial charge >= 0.3 is 0 Å². The van der Waals surface area contributed by atoms with E-state index in [1.807, 2.05) is 0 Å². The molecule has 10 heavy (non-hydrogen) atoms. The molecule has 0 saturated carbocycles. The van der Waals surface area contributed by atoms with Gasteiger partial charge in [-0.25, -0.2) is 0 Å². The third-order valence-corrected chi connectivity index (χ3v) is 1.37. The van der Waals surface area contributed by atoms with Crippen LogP contribution in [0.2, 0.25) is 5.02 Å². The highest BCUT2D eigenvalue weighted by Gasteiger charge is 2.01. The quantitative estimate of drug-likeness (QED) is 0.665. The summed E-state index contributed by atoms with van der Waals surface area (Å²) in [7, 11) is 1.40. The van der Waals surface area contributed by atoms with E-state index in [2.05, 4.69) is 4.98 Å². The summed E-state index contributed by atoms with van der Waals surface area (Å²) in [6, 6.07) is 1.56. The van der Waals surface area contributed by atoms with Crippen molar-refractivity contribution in [3.05, 3.63) is 27.6 Å². The Balaban J connectivity index is 3.31. The molecule has 0 unspecified atom stereocenters. The molecule has 0 fully saturated rings. The molecular formula is C6H6ClNO2. The molecule has 0 atom stereocenters. The van der Waals surface area contributed by atoms with Crippen molar-refractivity contribution in [2.24, 2.45) is 0 Å². The highest BCUT2D eigenvalue weighted by Crippen LogP contribution is 2.16. The highest BCUT2D eigenvalue weighted by molar-refractivity contribution is 6.31. The second-order valence-electron chi connectivity index (χ2n) is 1.69. The first-order valence-electron chi connectivity index (χ1n) is 2.67. The first-order chi connectivity index (χ1) is 4.75. The van der Waals surface area contributed by atoms with Crippen molar-refractivity contribution in [1.29, 1.82) is 0 Å². The fraction of sp³-hybridized carbons (Fsp3) is 0.167. The molecule has 0 amide bonds. The maximum absolute atomic E-state index is 10.8. The molecule has 0 aliphatic carbocycles. The van der Waals surface area contributed by atoms with Gasteiger partial charge in [-0.3, -0.25) is 4.79 Å². The number of nitrogens with one attached hydrogen (secondary N) is 1. The summed E-state index contributed by atoms with van der Waals surface area (Å²) in [6.07, 6.45) is 1.47. The molecule has 1 rings (SSSR count). The summed E-state index contributed by atoms with van der Waals surface area (Å²) in [5.74, 6) is 0.157. The van der Waals surface area contributed by atoms with Crippen molar-refractivity contribution >= 4 is 11.6 Å². The minimum absolute atomic E-state index is 0.157. The second kappa shape index (κ2) is 2.75. The summed E-state index contributed by atoms with van der Waals surface area (Å²) < 4.78 is 4.70. The first-order valence-corrected chi connectivity index (χ1v) is 3.04. The summed E-state index contributed by atoms with van der Waals surface area (Å²) in [5.41, 5.74) is -0.310. The van der Waals surface area contributed by atoms with Gasteiger partial charge in [-0.2, -0.15) is 0 Å². The molecule has 4 heteroatoms. The standard InChI is InChI=1S/C6H6ClNO2/c1-10-5-4(7)2-3-8-6(5)9/h2-3H,1H3,(H,8,9). The molecule has 1 N–H and O–H groups in total. The molecule has 0 bridgehead atoms. The van der Waals surface area contributed by atoms with Gasteiger partial charge in [0, 0.05) is 6.20 Å². The minimum Gasteiger partial charge on any atom is -0.490 e. The molecule has 1 heterocycles. The van der Waals surface area contributed by atoms with Gasteiger partial charge < -0.3 is 9.72 Å². The molecule has 0 spiro atoms.